The van der Waals surface area contributed by atoms with Gasteiger partial charge in [0, 0.05) is 13.0 Å². The maximum Gasteiger partial charge on any atom is 0.322 e. The topological polar surface area (TPSA) is 128 Å². The molecule has 0 saturated carbocycles. The van der Waals surface area contributed by atoms with Crippen molar-refractivity contribution >= 4 is 16.0 Å². The zero-order chi connectivity index (χ0) is 21.7. The summed E-state index contributed by atoms with van der Waals surface area (Å²) in [5, 5.41) is 21.4. The molecule has 0 amide bonds. The number of nitrogens with zero attached hydrogens (tertiary/aromatic N) is 5. The smallest absolute Gasteiger partial charge is 0.322 e. The van der Waals surface area contributed by atoms with Crippen LogP contribution in [0.1, 0.15) is 11.4 Å². The van der Waals surface area contributed by atoms with Gasteiger partial charge >= 0.3 is 5.97 Å². The van der Waals surface area contributed by atoms with E-state index in [1.165, 1.54) is 36.2 Å². The van der Waals surface area contributed by atoms with Gasteiger partial charge in [0.05, 0.1) is 19.1 Å². The lowest BCUT2D eigenvalue weighted by atomic mass is 10.1. The van der Waals surface area contributed by atoms with Crippen molar-refractivity contribution in [1.82, 2.24) is 24.5 Å². The number of methoxy groups -OCH3 is 1. The monoisotopic (exact) mass is 431 g/mol. The number of hydrogen-bond acceptors (Lipinski definition) is 7. The molecule has 0 aliphatic carbocycles. The first-order chi connectivity index (χ1) is 14.3. The molecule has 0 aliphatic rings. The average molecular weight is 431 g/mol. The summed E-state index contributed by atoms with van der Waals surface area (Å²) in [4.78, 5) is 13.3. The fourth-order valence-electron chi connectivity index (χ4n) is 2.90. The summed E-state index contributed by atoms with van der Waals surface area (Å²) >= 11 is 0. The first kappa shape index (κ1) is 21.4. The molecule has 0 saturated heterocycles. The predicted octanol–water partition coefficient (Wildman–Crippen LogP) is 1.11. The summed E-state index contributed by atoms with van der Waals surface area (Å²) in [5.41, 5.74) is 0.646. The summed E-state index contributed by atoms with van der Waals surface area (Å²) < 4.78 is 32.9. The molecule has 0 spiro atoms. The van der Waals surface area contributed by atoms with Crippen molar-refractivity contribution in [1.29, 1.82) is 0 Å². The Morgan fingerprint density at radius 2 is 1.83 bits per heavy atom. The molecule has 0 bridgehead atoms. The van der Waals surface area contributed by atoms with E-state index in [0.717, 1.165) is 4.31 Å². The summed E-state index contributed by atoms with van der Waals surface area (Å²) in [6, 6.07) is 13.1. The number of sulfonamides is 1. The SMILES string of the molecule is COc1ccc(S(=O)(=O)N(Cc2ccccc2)[C@H](Cc2nnn(C)n2)C(=O)O)cc1. The van der Waals surface area contributed by atoms with Crippen LogP contribution in [0, 0.1) is 0 Å². The van der Waals surface area contributed by atoms with E-state index < -0.39 is 22.0 Å². The normalized spacial score (nSPS) is 12.6. The van der Waals surface area contributed by atoms with Crippen LogP contribution in [0.15, 0.2) is 59.5 Å². The Hall–Kier alpha value is -3.31. The van der Waals surface area contributed by atoms with Crippen molar-refractivity contribution < 1.29 is 23.1 Å². The molecule has 0 radical (unpaired) electrons. The van der Waals surface area contributed by atoms with Crippen LogP contribution in [-0.4, -0.2) is 57.2 Å². The second-order valence-corrected chi connectivity index (χ2v) is 8.36. The second-order valence-electron chi connectivity index (χ2n) is 6.46. The molecule has 0 aliphatic heterocycles. The largest absolute Gasteiger partial charge is 0.497 e. The van der Waals surface area contributed by atoms with Gasteiger partial charge in [-0.25, -0.2) is 8.42 Å². The Kier molecular flexibility index (Phi) is 6.43. The highest BCUT2D eigenvalue weighted by atomic mass is 32.2. The van der Waals surface area contributed by atoms with Crippen LogP contribution in [-0.2, 0) is 34.8 Å². The predicted molar refractivity (Wildman–Crippen MR) is 106 cm³/mol. The third kappa shape index (κ3) is 4.81. The number of aliphatic carboxylic acids is 1. The maximum atomic E-state index is 13.4. The molecule has 30 heavy (non-hydrogen) atoms. The Balaban J connectivity index is 2.03. The van der Waals surface area contributed by atoms with Gasteiger partial charge in [-0.05, 0) is 35.0 Å². The number of aryl methyl sites for hydroxylation is 1. The maximum absolute atomic E-state index is 13.4. The molecule has 1 heterocycles. The minimum Gasteiger partial charge on any atom is -0.497 e. The van der Waals surface area contributed by atoms with E-state index in [1.54, 1.807) is 37.4 Å². The number of aromatic nitrogens is 4. The summed E-state index contributed by atoms with van der Waals surface area (Å²) in [7, 11) is -1.15. The summed E-state index contributed by atoms with van der Waals surface area (Å²) in [5.74, 6) is -0.689. The van der Waals surface area contributed by atoms with Crippen molar-refractivity contribution in [2.45, 2.75) is 23.9 Å². The van der Waals surface area contributed by atoms with Crippen LogP contribution >= 0.6 is 0 Å². The van der Waals surface area contributed by atoms with Gasteiger partial charge in [0.15, 0.2) is 5.82 Å². The van der Waals surface area contributed by atoms with E-state index in [0.29, 0.717) is 11.3 Å². The molecule has 2 aromatic carbocycles. The van der Waals surface area contributed by atoms with Crippen LogP contribution in [0.2, 0.25) is 0 Å². The van der Waals surface area contributed by atoms with E-state index in [1.807, 2.05) is 0 Å². The van der Waals surface area contributed by atoms with Crippen LogP contribution in [0.4, 0.5) is 0 Å². The minimum atomic E-state index is -4.17. The van der Waals surface area contributed by atoms with Gasteiger partial charge in [-0.2, -0.15) is 9.10 Å². The molecule has 10 nitrogen and oxygen atoms in total. The van der Waals surface area contributed by atoms with E-state index >= 15 is 0 Å². The number of benzene rings is 2. The Bertz CT molecular complexity index is 1100. The molecular formula is C19H21N5O5S. The van der Waals surface area contributed by atoms with Gasteiger partial charge < -0.3 is 9.84 Å². The van der Waals surface area contributed by atoms with Crippen LogP contribution in [0.5, 0.6) is 5.75 Å². The number of carboxylic acid groups (broad SMARTS) is 1. The Morgan fingerprint density at radius 1 is 1.17 bits per heavy atom. The van der Waals surface area contributed by atoms with Crippen molar-refractivity contribution in [3.8, 4) is 5.75 Å². The lowest BCUT2D eigenvalue weighted by molar-refractivity contribution is -0.141. The minimum absolute atomic E-state index is 0.0439. The quantitative estimate of drug-likeness (QED) is 0.534. The van der Waals surface area contributed by atoms with Crippen molar-refractivity contribution in [2.75, 3.05) is 7.11 Å². The van der Waals surface area contributed by atoms with Crippen molar-refractivity contribution in [3.63, 3.8) is 0 Å². The average Bonchev–Trinajstić information content (AvgIpc) is 3.16. The molecule has 1 atom stereocenters. The first-order valence-corrected chi connectivity index (χ1v) is 10.4. The molecule has 0 fully saturated rings. The van der Waals surface area contributed by atoms with Gasteiger partial charge in [-0.3, -0.25) is 4.79 Å². The van der Waals surface area contributed by atoms with E-state index in [9.17, 15) is 18.3 Å². The third-order valence-electron chi connectivity index (χ3n) is 4.41. The van der Waals surface area contributed by atoms with Crippen LogP contribution in [0.3, 0.4) is 0 Å². The zero-order valence-corrected chi connectivity index (χ0v) is 17.2. The number of tetrazole rings is 1. The summed E-state index contributed by atoms with van der Waals surface area (Å²) in [6.45, 7) is -0.133. The standard InChI is InChI=1S/C19H21N5O5S/c1-23-21-18(20-22-23)12-17(19(25)26)24(13-14-6-4-3-5-7-14)30(27,28)16-10-8-15(29-2)9-11-16/h3-11,17H,12-13H2,1-2H3,(H,25,26)/t17-/m1/s1. The number of carboxylic acids is 1. The number of carbonyl (C=O) groups is 1. The molecule has 0 unspecified atom stereocenters. The van der Waals surface area contributed by atoms with Gasteiger partial charge in [-0.15, -0.1) is 10.2 Å². The number of ether oxygens (including phenoxy) is 1. The summed E-state index contributed by atoms with van der Waals surface area (Å²) in [6.07, 6.45) is -0.231. The molecular weight excluding hydrogens is 410 g/mol. The first-order valence-electron chi connectivity index (χ1n) is 8.97. The van der Waals surface area contributed by atoms with E-state index in [4.69, 9.17) is 4.74 Å². The zero-order valence-electron chi connectivity index (χ0n) is 16.4. The number of rotatable bonds is 9. The highest BCUT2D eigenvalue weighted by Crippen LogP contribution is 2.24. The third-order valence-corrected chi connectivity index (χ3v) is 6.27. The Morgan fingerprint density at radius 3 is 2.37 bits per heavy atom. The molecule has 1 aromatic heterocycles. The lowest BCUT2D eigenvalue weighted by Gasteiger charge is -2.27. The van der Waals surface area contributed by atoms with Crippen molar-refractivity contribution in [2.24, 2.45) is 7.05 Å². The molecule has 11 heteroatoms. The molecule has 1 N–H and O–H groups in total. The van der Waals surface area contributed by atoms with Crippen LogP contribution < -0.4 is 4.74 Å². The van der Waals surface area contributed by atoms with Crippen molar-refractivity contribution in [3.05, 3.63) is 66.0 Å². The van der Waals surface area contributed by atoms with Gasteiger partial charge in [0.25, 0.3) is 0 Å². The lowest BCUT2D eigenvalue weighted by Crippen LogP contribution is -2.46. The second kappa shape index (κ2) is 9.01. The van der Waals surface area contributed by atoms with Gasteiger partial charge in [0.1, 0.15) is 11.8 Å². The van der Waals surface area contributed by atoms with Gasteiger partial charge in [-0.1, -0.05) is 30.3 Å². The van der Waals surface area contributed by atoms with Crippen LogP contribution in [0.25, 0.3) is 0 Å². The fourth-order valence-corrected chi connectivity index (χ4v) is 4.47. The van der Waals surface area contributed by atoms with E-state index in [-0.39, 0.29) is 23.7 Å². The number of hydrogen-bond donors (Lipinski definition) is 1. The molecule has 3 aromatic rings. The highest BCUT2D eigenvalue weighted by Gasteiger charge is 2.37. The van der Waals surface area contributed by atoms with E-state index in [2.05, 4.69) is 15.4 Å². The molecule has 158 valence electrons. The Labute approximate surface area is 173 Å². The van der Waals surface area contributed by atoms with Gasteiger partial charge in [0.2, 0.25) is 10.0 Å². The highest BCUT2D eigenvalue weighted by molar-refractivity contribution is 7.89. The fraction of sp³-hybridized carbons (Fsp3) is 0.263. The molecule has 3 rings (SSSR count).